The van der Waals surface area contributed by atoms with Crippen LogP contribution in [0.15, 0.2) is 83.9 Å². The van der Waals surface area contributed by atoms with Crippen LogP contribution in [-0.4, -0.2) is 62.4 Å². The summed E-state index contributed by atoms with van der Waals surface area (Å²) in [7, 11) is -2.36. The van der Waals surface area contributed by atoms with Crippen molar-refractivity contribution in [1.82, 2.24) is 19.5 Å². The fourth-order valence-electron chi connectivity index (χ4n) is 5.75. The third-order valence-electron chi connectivity index (χ3n) is 8.15. The summed E-state index contributed by atoms with van der Waals surface area (Å²) in [6, 6.07) is 20.5. The first kappa shape index (κ1) is 27.3. The third-order valence-corrected chi connectivity index (χ3v) is 9.58. The van der Waals surface area contributed by atoms with Crippen LogP contribution in [0.25, 0.3) is 10.9 Å². The predicted molar refractivity (Wildman–Crippen MR) is 154 cm³/mol. The molecule has 212 valence electrons. The van der Waals surface area contributed by atoms with Crippen molar-refractivity contribution in [2.24, 2.45) is 0 Å². The summed E-state index contributed by atoms with van der Waals surface area (Å²) < 4.78 is 47.9. The zero-order chi connectivity index (χ0) is 28.6. The number of pyridine rings is 1. The Morgan fingerprint density at radius 2 is 1.73 bits per heavy atom. The van der Waals surface area contributed by atoms with Gasteiger partial charge in [0.2, 0.25) is 10.0 Å². The monoisotopic (exact) mass is 574 g/mol. The van der Waals surface area contributed by atoms with Crippen LogP contribution in [0.1, 0.15) is 34.3 Å². The van der Waals surface area contributed by atoms with Crippen LogP contribution in [0, 0.1) is 5.82 Å². The Balaban J connectivity index is 1.11. The van der Waals surface area contributed by atoms with Crippen LogP contribution in [0.2, 0.25) is 0 Å². The Morgan fingerprint density at radius 3 is 2.44 bits per heavy atom. The molecule has 41 heavy (non-hydrogen) atoms. The third kappa shape index (κ3) is 5.30. The molecule has 0 bridgehead atoms. The minimum atomic E-state index is -3.85. The average Bonchev–Trinajstić information content (AvgIpc) is 3.82. The first-order valence-corrected chi connectivity index (χ1v) is 15.1. The molecule has 1 N–H and O–H groups in total. The minimum Gasteiger partial charge on any atom is -0.496 e. The second-order valence-corrected chi connectivity index (χ2v) is 12.2. The van der Waals surface area contributed by atoms with E-state index >= 15 is 0 Å². The number of halogens is 1. The number of para-hydroxylation sites is 1. The van der Waals surface area contributed by atoms with E-state index in [-0.39, 0.29) is 28.7 Å². The fraction of sp³-hybridized carbons (Fsp3) is 0.290. The number of carbonyl (C=O) groups excluding carboxylic acids is 1. The lowest BCUT2D eigenvalue weighted by atomic mass is 10.0. The standard InChI is InChI=1S/C31H31FN4O4S/c1-40-27-20-23(7-8-24(27)21-34-41(38,39)28-6-2-4-22-5-3-15-33-29(22)28)30(37)35-16-18-36(19-17-35)31(13-14-31)25-9-11-26(32)12-10-25/h2-12,15,20,34H,13-14,16-19,21H2,1H3. The van der Waals surface area contributed by atoms with Gasteiger partial charge in [-0.1, -0.05) is 36.4 Å². The van der Waals surface area contributed by atoms with Gasteiger partial charge in [0.05, 0.1) is 12.6 Å². The zero-order valence-electron chi connectivity index (χ0n) is 22.7. The van der Waals surface area contributed by atoms with Crippen molar-refractivity contribution in [2.75, 3.05) is 33.3 Å². The van der Waals surface area contributed by atoms with Gasteiger partial charge in [-0.2, -0.15) is 0 Å². The maximum Gasteiger partial charge on any atom is 0.254 e. The molecule has 1 aliphatic carbocycles. The second-order valence-electron chi connectivity index (χ2n) is 10.5. The molecule has 1 amide bonds. The van der Waals surface area contributed by atoms with Crippen molar-refractivity contribution < 1.29 is 22.3 Å². The number of carbonyl (C=O) groups is 1. The number of aromatic nitrogens is 1. The number of hydrogen-bond acceptors (Lipinski definition) is 6. The molecular formula is C31H31FN4O4S. The Hall–Kier alpha value is -3.86. The van der Waals surface area contributed by atoms with Gasteiger partial charge in [0.25, 0.3) is 5.91 Å². The molecule has 0 radical (unpaired) electrons. The summed E-state index contributed by atoms with van der Waals surface area (Å²) in [5.74, 6) is 0.103. The van der Waals surface area contributed by atoms with Crippen molar-refractivity contribution in [1.29, 1.82) is 0 Å². The van der Waals surface area contributed by atoms with Gasteiger partial charge >= 0.3 is 0 Å². The van der Waals surface area contributed by atoms with E-state index in [1.807, 2.05) is 29.2 Å². The van der Waals surface area contributed by atoms with Crippen molar-refractivity contribution in [3.63, 3.8) is 0 Å². The molecule has 2 aliphatic rings. The van der Waals surface area contributed by atoms with Gasteiger partial charge in [0.15, 0.2) is 0 Å². The molecule has 6 rings (SSSR count). The number of benzene rings is 3. The van der Waals surface area contributed by atoms with Gasteiger partial charge < -0.3 is 9.64 Å². The van der Waals surface area contributed by atoms with Gasteiger partial charge in [-0.05, 0) is 54.8 Å². The van der Waals surface area contributed by atoms with Crippen molar-refractivity contribution in [3.8, 4) is 5.75 Å². The molecule has 2 fully saturated rings. The highest BCUT2D eigenvalue weighted by atomic mass is 32.2. The van der Waals surface area contributed by atoms with Crippen LogP contribution in [0.4, 0.5) is 4.39 Å². The summed E-state index contributed by atoms with van der Waals surface area (Å²) in [5.41, 5.74) is 2.58. The molecule has 1 saturated heterocycles. The smallest absolute Gasteiger partial charge is 0.254 e. The van der Waals surface area contributed by atoms with E-state index in [0.29, 0.717) is 35.5 Å². The number of ether oxygens (including phenoxy) is 1. The van der Waals surface area contributed by atoms with Crippen molar-refractivity contribution in [2.45, 2.75) is 29.8 Å². The maximum atomic E-state index is 13.4. The van der Waals surface area contributed by atoms with Crippen LogP contribution >= 0.6 is 0 Å². The quantitative estimate of drug-likeness (QED) is 0.337. The Bertz CT molecular complexity index is 1690. The van der Waals surface area contributed by atoms with Gasteiger partial charge in [0.1, 0.15) is 16.5 Å². The highest BCUT2D eigenvalue weighted by molar-refractivity contribution is 7.89. The summed E-state index contributed by atoms with van der Waals surface area (Å²) in [6.07, 6.45) is 3.63. The molecule has 3 aromatic carbocycles. The number of nitrogens with one attached hydrogen (secondary N) is 1. The first-order chi connectivity index (χ1) is 19.8. The summed E-state index contributed by atoms with van der Waals surface area (Å²) in [4.78, 5) is 22.0. The molecule has 2 heterocycles. The minimum absolute atomic E-state index is 0.00661. The van der Waals surface area contributed by atoms with Gasteiger partial charge in [-0.15, -0.1) is 0 Å². The van der Waals surface area contributed by atoms with Crippen LogP contribution in [-0.2, 0) is 22.1 Å². The van der Waals surface area contributed by atoms with E-state index in [4.69, 9.17) is 4.74 Å². The van der Waals surface area contributed by atoms with E-state index in [1.165, 1.54) is 25.3 Å². The Kier molecular flexibility index (Phi) is 7.23. The Labute approximate surface area is 238 Å². The predicted octanol–water partition coefficient (Wildman–Crippen LogP) is 4.31. The molecule has 4 aromatic rings. The van der Waals surface area contributed by atoms with Gasteiger partial charge in [0, 0.05) is 61.0 Å². The summed E-state index contributed by atoms with van der Waals surface area (Å²) >= 11 is 0. The molecule has 1 saturated carbocycles. The number of nitrogens with zero attached hydrogens (tertiary/aromatic N) is 3. The molecular weight excluding hydrogens is 543 g/mol. The topological polar surface area (TPSA) is 91.8 Å². The summed E-state index contributed by atoms with van der Waals surface area (Å²) in [5, 5.41) is 0.736. The van der Waals surface area contributed by atoms with Crippen LogP contribution in [0.3, 0.4) is 0 Å². The largest absolute Gasteiger partial charge is 0.496 e. The number of rotatable bonds is 8. The molecule has 1 aliphatic heterocycles. The lowest BCUT2D eigenvalue weighted by Gasteiger charge is -2.40. The number of hydrogen-bond donors (Lipinski definition) is 1. The Morgan fingerprint density at radius 1 is 1.00 bits per heavy atom. The first-order valence-electron chi connectivity index (χ1n) is 13.6. The van der Waals surface area contributed by atoms with E-state index < -0.39 is 10.0 Å². The van der Waals surface area contributed by atoms with Crippen LogP contribution in [0.5, 0.6) is 5.75 Å². The lowest BCUT2D eigenvalue weighted by molar-refractivity contribution is 0.0531. The second kappa shape index (κ2) is 10.8. The SMILES string of the molecule is COc1cc(C(=O)N2CCN(C3(c4ccc(F)cc4)CC3)CC2)ccc1CNS(=O)(=O)c1cccc2cccnc12. The molecule has 0 atom stereocenters. The van der Waals surface area contributed by atoms with E-state index in [1.54, 1.807) is 36.5 Å². The number of piperazine rings is 1. The maximum absolute atomic E-state index is 13.4. The molecule has 10 heteroatoms. The van der Waals surface area contributed by atoms with E-state index in [0.717, 1.165) is 36.9 Å². The molecule has 1 aromatic heterocycles. The van der Waals surface area contributed by atoms with E-state index in [9.17, 15) is 17.6 Å². The zero-order valence-corrected chi connectivity index (χ0v) is 23.5. The van der Waals surface area contributed by atoms with Crippen LogP contribution < -0.4 is 9.46 Å². The van der Waals surface area contributed by atoms with Gasteiger partial charge in [-0.25, -0.2) is 17.5 Å². The molecule has 8 nitrogen and oxygen atoms in total. The molecule has 0 unspecified atom stereocenters. The lowest BCUT2D eigenvalue weighted by Crippen LogP contribution is -2.52. The molecule has 0 spiro atoms. The van der Waals surface area contributed by atoms with E-state index in [2.05, 4.69) is 14.6 Å². The highest BCUT2D eigenvalue weighted by Crippen LogP contribution is 2.51. The number of methoxy groups -OCH3 is 1. The van der Waals surface area contributed by atoms with Gasteiger partial charge in [-0.3, -0.25) is 14.7 Å². The highest BCUT2D eigenvalue weighted by Gasteiger charge is 2.50. The number of sulfonamides is 1. The normalized spacial score (nSPS) is 17.0. The fourth-order valence-corrected chi connectivity index (χ4v) is 6.94. The van der Waals surface area contributed by atoms with Crippen molar-refractivity contribution in [3.05, 3.63) is 102 Å². The average molecular weight is 575 g/mol. The summed E-state index contributed by atoms with van der Waals surface area (Å²) in [6.45, 7) is 2.65. The number of fused-ring (bicyclic) bond motifs is 1. The van der Waals surface area contributed by atoms with Crippen molar-refractivity contribution >= 4 is 26.8 Å². The number of amides is 1.